The largest absolute Gasteiger partial charge is 0.396 e. The molecule has 0 aliphatic carbocycles. The van der Waals surface area contributed by atoms with E-state index in [1.807, 2.05) is 25.1 Å². The number of benzene rings is 1. The minimum Gasteiger partial charge on any atom is -0.396 e. The van der Waals surface area contributed by atoms with E-state index in [9.17, 15) is 0 Å². The molecule has 0 aliphatic heterocycles. The highest BCUT2D eigenvalue weighted by Crippen LogP contribution is 2.20. The smallest absolute Gasteiger partial charge is 0.0994 e. The Morgan fingerprint density at radius 1 is 1.54 bits per heavy atom. The minimum atomic E-state index is 0.184. The molecule has 0 aliphatic rings. The molecule has 1 N–H and O–H groups in total. The van der Waals surface area contributed by atoms with Gasteiger partial charge in [0.1, 0.15) is 0 Å². The average molecular weight is 193 g/mol. The van der Waals surface area contributed by atoms with Gasteiger partial charge in [0.2, 0.25) is 0 Å². The van der Waals surface area contributed by atoms with Crippen LogP contribution in [0, 0.1) is 18.3 Å². The zero-order valence-electron chi connectivity index (χ0n) is 7.45. The van der Waals surface area contributed by atoms with Crippen molar-refractivity contribution < 1.29 is 5.11 Å². The molecule has 1 aromatic rings. The summed E-state index contributed by atoms with van der Waals surface area (Å²) in [5, 5.41) is 17.3. The standard InChI is InChI=1S/C10H11NOS/c1-8-6-10(13-5-4-12)3-2-9(8)7-11/h2-3,6,12H,4-5H2,1H3. The second-order valence-corrected chi connectivity index (χ2v) is 3.83. The zero-order valence-corrected chi connectivity index (χ0v) is 8.27. The van der Waals surface area contributed by atoms with E-state index in [0.717, 1.165) is 10.5 Å². The van der Waals surface area contributed by atoms with Crippen LogP contribution >= 0.6 is 11.8 Å². The Morgan fingerprint density at radius 2 is 2.31 bits per heavy atom. The number of nitrogens with zero attached hydrogens (tertiary/aromatic N) is 1. The maximum absolute atomic E-state index is 8.69. The van der Waals surface area contributed by atoms with Gasteiger partial charge in [-0.1, -0.05) is 0 Å². The van der Waals surface area contributed by atoms with Crippen LogP contribution in [0.1, 0.15) is 11.1 Å². The first kappa shape index (κ1) is 10.1. The predicted octanol–water partition coefficient (Wildman–Crippen LogP) is 1.95. The highest BCUT2D eigenvalue weighted by Gasteiger charge is 1.98. The van der Waals surface area contributed by atoms with Gasteiger partial charge in [0, 0.05) is 10.6 Å². The molecule has 3 heteroatoms. The van der Waals surface area contributed by atoms with Gasteiger partial charge in [-0.15, -0.1) is 11.8 Å². The third-order valence-electron chi connectivity index (χ3n) is 1.68. The van der Waals surface area contributed by atoms with Crippen molar-refractivity contribution in [3.8, 4) is 6.07 Å². The summed E-state index contributed by atoms with van der Waals surface area (Å²) < 4.78 is 0. The van der Waals surface area contributed by atoms with Gasteiger partial charge in [0.05, 0.1) is 18.2 Å². The van der Waals surface area contributed by atoms with Crippen molar-refractivity contribution >= 4 is 11.8 Å². The molecule has 2 nitrogen and oxygen atoms in total. The van der Waals surface area contributed by atoms with E-state index >= 15 is 0 Å². The lowest BCUT2D eigenvalue weighted by Gasteiger charge is -2.01. The summed E-state index contributed by atoms with van der Waals surface area (Å²) >= 11 is 1.59. The topological polar surface area (TPSA) is 44.0 Å². The van der Waals surface area contributed by atoms with E-state index < -0.39 is 0 Å². The fourth-order valence-corrected chi connectivity index (χ4v) is 1.77. The Hall–Kier alpha value is -0.980. The lowest BCUT2D eigenvalue weighted by molar-refractivity contribution is 0.322. The molecule has 13 heavy (non-hydrogen) atoms. The Kier molecular flexibility index (Phi) is 3.81. The molecule has 0 aromatic heterocycles. The molecule has 0 bridgehead atoms. The molecule has 0 amide bonds. The lowest BCUT2D eigenvalue weighted by atomic mass is 10.1. The number of aryl methyl sites for hydroxylation is 1. The summed E-state index contributed by atoms with van der Waals surface area (Å²) in [6.45, 7) is 2.10. The van der Waals surface area contributed by atoms with Crippen LogP contribution in [0.2, 0.25) is 0 Å². The molecule has 0 atom stereocenters. The maximum Gasteiger partial charge on any atom is 0.0994 e. The summed E-state index contributed by atoms with van der Waals surface area (Å²) in [6.07, 6.45) is 0. The van der Waals surface area contributed by atoms with Crippen LogP contribution in [0.25, 0.3) is 0 Å². The molecule has 0 heterocycles. The number of thioether (sulfide) groups is 1. The number of aliphatic hydroxyl groups excluding tert-OH is 1. The van der Waals surface area contributed by atoms with Crippen molar-refractivity contribution in [2.24, 2.45) is 0 Å². The Morgan fingerprint density at radius 3 is 2.85 bits per heavy atom. The predicted molar refractivity (Wildman–Crippen MR) is 53.7 cm³/mol. The van der Waals surface area contributed by atoms with E-state index in [-0.39, 0.29) is 6.61 Å². The maximum atomic E-state index is 8.69. The van der Waals surface area contributed by atoms with Crippen LogP contribution in [0.15, 0.2) is 23.1 Å². The van der Waals surface area contributed by atoms with Crippen LogP contribution in [0.3, 0.4) is 0 Å². The van der Waals surface area contributed by atoms with Gasteiger partial charge in [-0.3, -0.25) is 0 Å². The van der Waals surface area contributed by atoms with Gasteiger partial charge < -0.3 is 5.11 Å². The summed E-state index contributed by atoms with van der Waals surface area (Å²) in [5.74, 6) is 0.700. The van der Waals surface area contributed by atoms with Crippen LogP contribution in [-0.4, -0.2) is 17.5 Å². The Bertz CT molecular complexity index is 330. The molecule has 0 fully saturated rings. The fraction of sp³-hybridized carbons (Fsp3) is 0.300. The molecule has 1 rings (SSSR count). The van der Waals surface area contributed by atoms with Crippen LogP contribution in [-0.2, 0) is 0 Å². The van der Waals surface area contributed by atoms with Crippen LogP contribution in [0.5, 0.6) is 0 Å². The number of aliphatic hydroxyl groups is 1. The van der Waals surface area contributed by atoms with Crippen molar-refractivity contribution in [3.63, 3.8) is 0 Å². The molecule has 0 radical (unpaired) electrons. The first-order valence-corrected chi connectivity index (χ1v) is 5.01. The molecule has 0 unspecified atom stereocenters. The molecule has 68 valence electrons. The second kappa shape index (κ2) is 4.90. The zero-order chi connectivity index (χ0) is 9.68. The van der Waals surface area contributed by atoms with Gasteiger partial charge in [0.15, 0.2) is 0 Å². The quantitative estimate of drug-likeness (QED) is 0.746. The molecular formula is C10H11NOS. The summed E-state index contributed by atoms with van der Waals surface area (Å²) in [4.78, 5) is 1.10. The summed E-state index contributed by atoms with van der Waals surface area (Å²) in [6, 6.07) is 7.81. The minimum absolute atomic E-state index is 0.184. The van der Waals surface area contributed by atoms with Crippen molar-refractivity contribution in [2.45, 2.75) is 11.8 Å². The Labute approximate surface area is 82.2 Å². The number of hydrogen-bond acceptors (Lipinski definition) is 3. The van der Waals surface area contributed by atoms with Gasteiger partial charge in [-0.05, 0) is 30.7 Å². The van der Waals surface area contributed by atoms with Crippen LogP contribution < -0.4 is 0 Å². The van der Waals surface area contributed by atoms with Gasteiger partial charge >= 0.3 is 0 Å². The average Bonchev–Trinajstić information content (AvgIpc) is 2.15. The molecular weight excluding hydrogens is 182 g/mol. The fourth-order valence-electron chi connectivity index (χ4n) is 1.01. The summed E-state index contributed by atoms with van der Waals surface area (Å²) in [5.41, 5.74) is 1.71. The van der Waals surface area contributed by atoms with Gasteiger partial charge in [0.25, 0.3) is 0 Å². The number of nitriles is 1. The van der Waals surface area contributed by atoms with E-state index in [1.165, 1.54) is 0 Å². The third kappa shape index (κ3) is 2.76. The highest BCUT2D eigenvalue weighted by atomic mass is 32.2. The van der Waals surface area contributed by atoms with Gasteiger partial charge in [-0.25, -0.2) is 0 Å². The van der Waals surface area contributed by atoms with Crippen molar-refractivity contribution in [2.75, 3.05) is 12.4 Å². The SMILES string of the molecule is Cc1cc(SCCO)ccc1C#N. The van der Waals surface area contributed by atoms with Crippen molar-refractivity contribution in [1.82, 2.24) is 0 Å². The monoisotopic (exact) mass is 193 g/mol. The summed E-state index contributed by atoms with van der Waals surface area (Å²) in [7, 11) is 0. The van der Waals surface area contributed by atoms with E-state index in [0.29, 0.717) is 11.3 Å². The first-order chi connectivity index (χ1) is 6.27. The van der Waals surface area contributed by atoms with Crippen molar-refractivity contribution in [1.29, 1.82) is 5.26 Å². The second-order valence-electron chi connectivity index (χ2n) is 2.66. The molecule has 0 spiro atoms. The third-order valence-corrected chi connectivity index (χ3v) is 2.65. The Balaban J connectivity index is 2.79. The highest BCUT2D eigenvalue weighted by molar-refractivity contribution is 7.99. The van der Waals surface area contributed by atoms with Crippen molar-refractivity contribution in [3.05, 3.63) is 29.3 Å². The molecule has 0 saturated heterocycles. The first-order valence-electron chi connectivity index (χ1n) is 4.02. The van der Waals surface area contributed by atoms with E-state index in [1.54, 1.807) is 11.8 Å². The lowest BCUT2D eigenvalue weighted by Crippen LogP contribution is -1.87. The van der Waals surface area contributed by atoms with E-state index in [2.05, 4.69) is 6.07 Å². The normalized spacial score (nSPS) is 9.62. The number of rotatable bonds is 3. The molecule has 0 saturated carbocycles. The molecule has 1 aromatic carbocycles. The van der Waals surface area contributed by atoms with Crippen LogP contribution in [0.4, 0.5) is 0 Å². The number of hydrogen-bond donors (Lipinski definition) is 1. The van der Waals surface area contributed by atoms with E-state index in [4.69, 9.17) is 10.4 Å². The van der Waals surface area contributed by atoms with Gasteiger partial charge in [-0.2, -0.15) is 5.26 Å².